The van der Waals surface area contributed by atoms with Crippen LogP contribution in [0.2, 0.25) is 0 Å². The maximum Gasteiger partial charge on any atom is 0.249 e. The summed E-state index contributed by atoms with van der Waals surface area (Å²) in [5.74, 6) is -0.486. The summed E-state index contributed by atoms with van der Waals surface area (Å²) in [6, 6.07) is -0.699. The highest BCUT2D eigenvalue weighted by molar-refractivity contribution is 5.80. The lowest BCUT2D eigenvalue weighted by atomic mass is 10.0. The van der Waals surface area contributed by atoms with E-state index in [2.05, 4.69) is 19.2 Å². The largest absolute Gasteiger partial charge is 0.394 e. The van der Waals surface area contributed by atoms with Crippen molar-refractivity contribution in [2.75, 3.05) is 6.61 Å². The lowest BCUT2D eigenvalue weighted by Crippen LogP contribution is -2.49. The zero-order valence-corrected chi connectivity index (χ0v) is 20.6. The van der Waals surface area contributed by atoms with Gasteiger partial charge in [-0.15, -0.1) is 0 Å². The first-order chi connectivity index (χ1) is 15.1. The molecular weight excluding hydrogens is 390 g/mol. The van der Waals surface area contributed by atoms with Crippen LogP contribution in [0.1, 0.15) is 136 Å². The highest BCUT2D eigenvalue weighted by Gasteiger charge is 2.23. The Kier molecular flexibility index (Phi) is 22.1. The summed E-state index contributed by atoms with van der Waals surface area (Å²) in [5, 5.41) is 32.4. The maximum atomic E-state index is 12.1. The molecular formula is C26H53NO4. The Labute approximate surface area is 192 Å². The monoisotopic (exact) mass is 443 g/mol. The van der Waals surface area contributed by atoms with E-state index in [0.717, 1.165) is 38.5 Å². The van der Waals surface area contributed by atoms with Crippen molar-refractivity contribution in [1.82, 2.24) is 5.32 Å². The fourth-order valence-corrected chi connectivity index (χ4v) is 4.01. The first-order valence-electron chi connectivity index (χ1n) is 13.3. The Morgan fingerprint density at radius 3 is 1.48 bits per heavy atom. The van der Waals surface area contributed by atoms with Crippen molar-refractivity contribution in [3.05, 3.63) is 0 Å². The van der Waals surface area contributed by atoms with Gasteiger partial charge in [-0.05, 0) is 12.8 Å². The number of carbonyl (C=O) groups is 1. The minimum atomic E-state index is -1.06. The number of aliphatic hydroxyl groups is 3. The van der Waals surface area contributed by atoms with E-state index in [-0.39, 0.29) is 6.61 Å². The quantitative estimate of drug-likeness (QED) is 0.154. The number of unbranched alkanes of at least 4 members (excludes halogenated alkanes) is 15. The van der Waals surface area contributed by atoms with Gasteiger partial charge < -0.3 is 20.6 Å². The molecule has 0 spiro atoms. The van der Waals surface area contributed by atoms with E-state index >= 15 is 0 Å². The Morgan fingerprint density at radius 2 is 1.03 bits per heavy atom. The van der Waals surface area contributed by atoms with E-state index in [1.165, 1.54) is 70.6 Å². The molecule has 0 aromatic rings. The molecule has 0 bridgehead atoms. The summed E-state index contributed by atoms with van der Waals surface area (Å²) < 4.78 is 0. The van der Waals surface area contributed by atoms with Crippen molar-refractivity contribution >= 4 is 5.91 Å². The van der Waals surface area contributed by atoms with E-state index in [4.69, 9.17) is 0 Å². The predicted octanol–water partition coefficient (Wildman–Crippen LogP) is 5.64. The minimum absolute atomic E-state index is 0.312. The molecule has 5 nitrogen and oxygen atoms in total. The summed E-state index contributed by atoms with van der Waals surface area (Å²) in [7, 11) is 0. The van der Waals surface area contributed by atoms with Gasteiger partial charge in [-0.1, -0.05) is 123 Å². The lowest BCUT2D eigenvalue weighted by Gasteiger charge is -2.23. The number of hydrogen-bond acceptors (Lipinski definition) is 4. The number of carbonyl (C=O) groups excluding carboxylic acids is 1. The van der Waals surface area contributed by atoms with Crippen LogP contribution < -0.4 is 5.32 Å². The minimum Gasteiger partial charge on any atom is -0.394 e. The SMILES string of the molecule is CCCCCCCCCCCCCCC[C@@H](O)[C@H](CO)NC(=O)C(O)CCCCCC. The number of aliphatic hydroxyl groups excluding tert-OH is 3. The van der Waals surface area contributed by atoms with Crippen LogP contribution in [0.4, 0.5) is 0 Å². The highest BCUT2D eigenvalue weighted by atomic mass is 16.3. The first kappa shape index (κ1) is 30.4. The number of hydrogen-bond donors (Lipinski definition) is 4. The molecule has 0 aliphatic rings. The molecule has 0 aliphatic carbocycles. The average molecular weight is 444 g/mol. The van der Waals surface area contributed by atoms with Gasteiger partial charge >= 0.3 is 0 Å². The average Bonchev–Trinajstić information content (AvgIpc) is 2.77. The van der Waals surface area contributed by atoms with Crippen LogP contribution in [0, 0.1) is 0 Å². The van der Waals surface area contributed by atoms with Crippen molar-refractivity contribution in [1.29, 1.82) is 0 Å². The van der Waals surface area contributed by atoms with E-state index in [9.17, 15) is 20.1 Å². The van der Waals surface area contributed by atoms with E-state index in [0.29, 0.717) is 12.8 Å². The van der Waals surface area contributed by atoms with Gasteiger partial charge in [0.1, 0.15) is 6.10 Å². The van der Waals surface area contributed by atoms with Gasteiger partial charge in [0, 0.05) is 0 Å². The van der Waals surface area contributed by atoms with Crippen molar-refractivity contribution in [3.8, 4) is 0 Å². The standard InChI is InChI=1S/C26H53NO4/c1-3-5-7-9-10-11-12-13-14-15-16-17-19-20-24(29)23(22-28)27-26(31)25(30)21-18-8-6-4-2/h23-25,28-30H,3-22H2,1-2H3,(H,27,31)/t23-,24+,25?/m0/s1. The Balaban J connectivity index is 3.70. The molecule has 0 heterocycles. The fraction of sp³-hybridized carbons (Fsp3) is 0.962. The van der Waals surface area contributed by atoms with Gasteiger partial charge in [-0.25, -0.2) is 0 Å². The van der Waals surface area contributed by atoms with Crippen LogP contribution in [-0.2, 0) is 4.79 Å². The molecule has 0 radical (unpaired) electrons. The molecule has 186 valence electrons. The molecule has 0 saturated carbocycles. The smallest absolute Gasteiger partial charge is 0.249 e. The van der Waals surface area contributed by atoms with Gasteiger partial charge in [-0.2, -0.15) is 0 Å². The first-order valence-corrected chi connectivity index (χ1v) is 13.3. The van der Waals surface area contributed by atoms with E-state index in [1.807, 2.05) is 0 Å². The van der Waals surface area contributed by atoms with Gasteiger partial charge in [0.25, 0.3) is 0 Å². The molecule has 0 aliphatic heterocycles. The second-order valence-corrected chi connectivity index (χ2v) is 9.26. The van der Waals surface area contributed by atoms with Gasteiger partial charge in [-0.3, -0.25) is 4.79 Å². The normalized spacial score (nSPS) is 14.4. The topological polar surface area (TPSA) is 89.8 Å². The van der Waals surface area contributed by atoms with Crippen molar-refractivity contribution < 1.29 is 20.1 Å². The molecule has 0 saturated heterocycles. The lowest BCUT2D eigenvalue weighted by molar-refractivity contribution is -0.131. The third kappa shape index (κ3) is 18.6. The molecule has 0 aromatic heterocycles. The van der Waals surface area contributed by atoms with Crippen LogP contribution >= 0.6 is 0 Å². The summed E-state index contributed by atoms with van der Waals surface area (Å²) in [5.41, 5.74) is 0. The van der Waals surface area contributed by atoms with Gasteiger partial charge in [0.15, 0.2) is 0 Å². The third-order valence-electron chi connectivity index (χ3n) is 6.23. The van der Waals surface area contributed by atoms with Gasteiger partial charge in [0.2, 0.25) is 5.91 Å². The Hall–Kier alpha value is -0.650. The van der Waals surface area contributed by atoms with Crippen LogP contribution in [0.3, 0.4) is 0 Å². The molecule has 1 unspecified atom stereocenters. The Morgan fingerprint density at radius 1 is 0.645 bits per heavy atom. The van der Waals surface area contributed by atoms with Crippen molar-refractivity contribution in [2.24, 2.45) is 0 Å². The van der Waals surface area contributed by atoms with Crippen LogP contribution in [0.25, 0.3) is 0 Å². The summed E-state index contributed by atoms with van der Waals surface area (Å²) in [6.45, 7) is 4.06. The summed E-state index contributed by atoms with van der Waals surface area (Å²) >= 11 is 0. The molecule has 0 rings (SSSR count). The number of amides is 1. The summed E-state index contributed by atoms with van der Waals surface area (Å²) in [4.78, 5) is 12.1. The number of nitrogens with one attached hydrogen (secondary N) is 1. The molecule has 0 fully saturated rings. The fourth-order valence-electron chi connectivity index (χ4n) is 4.01. The number of rotatable bonds is 23. The van der Waals surface area contributed by atoms with Crippen LogP contribution in [0.15, 0.2) is 0 Å². The van der Waals surface area contributed by atoms with Crippen molar-refractivity contribution in [3.63, 3.8) is 0 Å². The van der Waals surface area contributed by atoms with Crippen molar-refractivity contribution in [2.45, 2.75) is 154 Å². The molecule has 5 heteroatoms. The zero-order chi connectivity index (χ0) is 23.2. The zero-order valence-electron chi connectivity index (χ0n) is 20.6. The highest BCUT2D eigenvalue weighted by Crippen LogP contribution is 2.14. The van der Waals surface area contributed by atoms with Crippen LogP contribution in [0.5, 0.6) is 0 Å². The molecule has 4 N–H and O–H groups in total. The van der Waals surface area contributed by atoms with E-state index < -0.39 is 24.2 Å². The molecule has 3 atom stereocenters. The van der Waals surface area contributed by atoms with Crippen LogP contribution in [-0.4, -0.2) is 46.1 Å². The third-order valence-corrected chi connectivity index (χ3v) is 6.23. The Bertz CT molecular complexity index is 392. The second-order valence-electron chi connectivity index (χ2n) is 9.26. The second kappa shape index (κ2) is 22.5. The van der Waals surface area contributed by atoms with E-state index in [1.54, 1.807) is 0 Å². The molecule has 1 amide bonds. The maximum absolute atomic E-state index is 12.1. The summed E-state index contributed by atoms with van der Waals surface area (Å²) in [6.07, 6.45) is 19.8. The molecule has 0 aromatic carbocycles. The van der Waals surface area contributed by atoms with Gasteiger partial charge in [0.05, 0.1) is 18.8 Å². The predicted molar refractivity (Wildman–Crippen MR) is 130 cm³/mol. The molecule has 31 heavy (non-hydrogen) atoms.